The van der Waals surface area contributed by atoms with Crippen LogP contribution in [0.5, 0.6) is 0 Å². The Kier molecular flexibility index (Phi) is 5.31. The summed E-state index contributed by atoms with van der Waals surface area (Å²) in [4.78, 5) is 23.7. The van der Waals surface area contributed by atoms with Gasteiger partial charge in [-0.1, -0.05) is 25.1 Å². The van der Waals surface area contributed by atoms with Crippen molar-refractivity contribution in [3.05, 3.63) is 47.3 Å². The van der Waals surface area contributed by atoms with E-state index in [1.165, 1.54) is 5.56 Å². The van der Waals surface area contributed by atoms with Crippen molar-refractivity contribution in [3.63, 3.8) is 0 Å². The number of hydrogen-bond acceptors (Lipinski definition) is 4. The van der Waals surface area contributed by atoms with Gasteiger partial charge in [0.25, 0.3) is 0 Å². The van der Waals surface area contributed by atoms with Crippen LogP contribution in [0.4, 0.5) is 11.6 Å². The van der Waals surface area contributed by atoms with E-state index in [0.29, 0.717) is 0 Å². The maximum atomic E-state index is 12.7. The number of rotatable bonds is 4. The van der Waals surface area contributed by atoms with E-state index in [4.69, 9.17) is 0 Å². The average molecular weight is 338 g/mol. The van der Waals surface area contributed by atoms with E-state index in [1.807, 2.05) is 32.0 Å². The van der Waals surface area contributed by atoms with Crippen molar-refractivity contribution < 1.29 is 4.79 Å². The predicted octanol–water partition coefficient (Wildman–Crippen LogP) is 3.51. The lowest BCUT2D eigenvalue weighted by Crippen LogP contribution is -2.39. The van der Waals surface area contributed by atoms with Gasteiger partial charge in [0, 0.05) is 36.6 Å². The highest BCUT2D eigenvalue weighted by molar-refractivity contribution is 5.94. The van der Waals surface area contributed by atoms with Crippen LogP contribution in [-0.4, -0.2) is 29.0 Å². The van der Waals surface area contributed by atoms with Crippen LogP contribution in [0.25, 0.3) is 0 Å². The molecule has 1 N–H and O–H groups in total. The van der Waals surface area contributed by atoms with Gasteiger partial charge < -0.3 is 10.2 Å². The van der Waals surface area contributed by atoms with E-state index >= 15 is 0 Å². The maximum absolute atomic E-state index is 12.7. The molecular weight excluding hydrogens is 312 g/mol. The number of carbonyl (C=O) groups is 1. The molecule has 0 unspecified atom stereocenters. The Labute approximate surface area is 149 Å². The molecule has 1 aliphatic heterocycles. The molecule has 2 heterocycles. The second-order valence-corrected chi connectivity index (χ2v) is 6.71. The second-order valence-electron chi connectivity index (χ2n) is 6.71. The van der Waals surface area contributed by atoms with E-state index < -0.39 is 0 Å². The minimum Gasteiger partial charge on any atom is -0.341 e. The number of hydrogen-bond donors (Lipinski definition) is 1. The molecule has 1 fully saturated rings. The summed E-state index contributed by atoms with van der Waals surface area (Å²) >= 11 is 0. The van der Waals surface area contributed by atoms with Crippen molar-refractivity contribution in [2.45, 2.75) is 40.0 Å². The fraction of sp³-hybridized carbons (Fsp3) is 0.450. The minimum absolute atomic E-state index is 0.0466. The maximum Gasteiger partial charge on any atom is 0.227 e. The molecule has 5 heteroatoms. The van der Waals surface area contributed by atoms with Crippen molar-refractivity contribution in [3.8, 4) is 0 Å². The molecule has 1 aromatic carbocycles. The van der Waals surface area contributed by atoms with Crippen LogP contribution in [0, 0.1) is 19.8 Å². The van der Waals surface area contributed by atoms with Gasteiger partial charge in [-0.2, -0.15) is 0 Å². The average Bonchev–Trinajstić information content (AvgIpc) is 2.63. The van der Waals surface area contributed by atoms with Crippen molar-refractivity contribution in [1.82, 2.24) is 9.97 Å². The fourth-order valence-corrected chi connectivity index (χ4v) is 3.36. The van der Waals surface area contributed by atoms with Crippen LogP contribution in [0.1, 0.15) is 36.6 Å². The number of aryl methyl sites for hydroxylation is 3. The van der Waals surface area contributed by atoms with Crippen LogP contribution in [0.2, 0.25) is 0 Å². The largest absolute Gasteiger partial charge is 0.341 e. The van der Waals surface area contributed by atoms with E-state index in [-0.39, 0.29) is 11.8 Å². The summed E-state index contributed by atoms with van der Waals surface area (Å²) in [6.07, 6.45) is 4.37. The Hall–Kier alpha value is -2.43. The van der Waals surface area contributed by atoms with Gasteiger partial charge in [-0.25, -0.2) is 9.97 Å². The number of benzene rings is 1. The molecule has 25 heavy (non-hydrogen) atoms. The summed E-state index contributed by atoms with van der Waals surface area (Å²) in [6.45, 7) is 7.77. The molecule has 3 rings (SSSR count). The van der Waals surface area contributed by atoms with Crippen LogP contribution >= 0.6 is 0 Å². The van der Waals surface area contributed by atoms with Gasteiger partial charge in [-0.15, -0.1) is 0 Å². The smallest absolute Gasteiger partial charge is 0.227 e. The number of nitrogens with zero attached hydrogens (tertiary/aromatic N) is 3. The number of nitrogens with one attached hydrogen (secondary N) is 1. The molecule has 0 radical (unpaired) electrons. The molecule has 0 atom stereocenters. The zero-order valence-corrected chi connectivity index (χ0v) is 15.2. The SMILES string of the molecule is CCc1cccc(C)c1NC(=O)C1CCN(c2nccc(C)n2)CC1. The summed E-state index contributed by atoms with van der Waals surface area (Å²) in [6, 6.07) is 8.08. The molecule has 0 aliphatic carbocycles. The zero-order valence-electron chi connectivity index (χ0n) is 15.2. The van der Waals surface area contributed by atoms with E-state index in [2.05, 4.69) is 33.2 Å². The lowest BCUT2D eigenvalue weighted by Gasteiger charge is -2.31. The van der Waals surface area contributed by atoms with Crippen LogP contribution in [0.3, 0.4) is 0 Å². The van der Waals surface area contributed by atoms with E-state index in [9.17, 15) is 4.79 Å². The van der Waals surface area contributed by atoms with Crippen molar-refractivity contribution in [2.24, 2.45) is 5.92 Å². The summed E-state index contributed by atoms with van der Waals surface area (Å²) in [5.74, 6) is 0.949. The number of anilines is 2. The Morgan fingerprint density at radius 3 is 2.68 bits per heavy atom. The van der Waals surface area contributed by atoms with Crippen LogP contribution in [0.15, 0.2) is 30.5 Å². The molecule has 5 nitrogen and oxygen atoms in total. The summed E-state index contributed by atoms with van der Waals surface area (Å²) < 4.78 is 0. The molecular formula is C20H26N4O. The highest BCUT2D eigenvalue weighted by atomic mass is 16.1. The predicted molar refractivity (Wildman–Crippen MR) is 101 cm³/mol. The number of carbonyl (C=O) groups excluding carboxylic acids is 1. The van der Waals surface area contributed by atoms with Gasteiger partial charge in [-0.05, 0) is 50.3 Å². The van der Waals surface area contributed by atoms with Gasteiger partial charge in [0.15, 0.2) is 0 Å². The van der Waals surface area contributed by atoms with Gasteiger partial charge in [0.2, 0.25) is 11.9 Å². The number of piperidine rings is 1. The standard InChI is InChI=1S/C20H26N4O/c1-4-16-7-5-6-14(2)18(16)23-19(25)17-9-12-24(13-10-17)20-21-11-8-15(3)22-20/h5-8,11,17H,4,9-10,12-13H2,1-3H3,(H,23,25). The summed E-state index contributed by atoms with van der Waals surface area (Å²) in [5, 5.41) is 3.17. The lowest BCUT2D eigenvalue weighted by molar-refractivity contribution is -0.120. The quantitative estimate of drug-likeness (QED) is 0.927. The molecule has 1 aromatic heterocycles. The van der Waals surface area contributed by atoms with Crippen LogP contribution in [-0.2, 0) is 11.2 Å². The molecule has 2 aromatic rings. The van der Waals surface area contributed by atoms with Gasteiger partial charge in [0.1, 0.15) is 0 Å². The van der Waals surface area contributed by atoms with Gasteiger partial charge in [0.05, 0.1) is 0 Å². The normalized spacial score (nSPS) is 15.2. The number of para-hydroxylation sites is 1. The molecule has 132 valence electrons. The first-order chi connectivity index (χ1) is 12.1. The van der Waals surface area contributed by atoms with Gasteiger partial charge in [-0.3, -0.25) is 4.79 Å². The third-order valence-electron chi connectivity index (χ3n) is 4.92. The fourth-order valence-electron chi connectivity index (χ4n) is 3.36. The molecule has 1 saturated heterocycles. The third-order valence-corrected chi connectivity index (χ3v) is 4.92. The highest BCUT2D eigenvalue weighted by Crippen LogP contribution is 2.25. The first-order valence-electron chi connectivity index (χ1n) is 9.02. The Balaban J connectivity index is 1.62. The van der Waals surface area contributed by atoms with Gasteiger partial charge >= 0.3 is 0 Å². The Morgan fingerprint density at radius 2 is 2.00 bits per heavy atom. The second kappa shape index (κ2) is 7.64. The lowest BCUT2D eigenvalue weighted by atomic mass is 9.95. The zero-order chi connectivity index (χ0) is 17.8. The number of amides is 1. The molecule has 0 saturated carbocycles. The highest BCUT2D eigenvalue weighted by Gasteiger charge is 2.26. The molecule has 0 spiro atoms. The molecule has 1 aliphatic rings. The summed E-state index contributed by atoms with van der Waals surface area (Å²) in [7, 11) is 0. The summed E-state index contributed by atoms with van der Waals surface area (Å²) in [5.41, 5.74) is 4.27. The first kappa shape index (κ1) is 17.4. The van der Waals surface area contributed by atoms with E-state index in [0.717, 1.165) is 55.2 Å². The number of aromatic nitrogens is 2. The van der Waals surface area contributed by atoms with Crippen molar-refractivity contribution >= 4 is 17.5 Å². The molecule has 0 bridgehead atoms. The molecule has 1 amide bonds. The van der Waals surface area contributed by atoms with Crippen LogP contribution < -0.4 is 10.2 Å². The minimum atomic E-state index is 0.0466. The van der Waals surface area contributed by atoms with Crippen molar-refractivity contribution in [2.75, 3.05) is 23.3 Å². The van der Waals surface area contributed by atoms with Crippen molar-refractivity contribution in [1.29, 1.82) is 0 Å². The third kappa shape index (κ3) is 3.98. The Morgan fingerprint density at radius 1 is 1.24 bits per heavy atom. The Bertz CT molecular complexity index is 751. The topological polar surface area (TPSA) is 58.1 Å². The monoisotopic (exact) mass is 338 g/mol. The van der Waals surface area contributed by atoms with E-state index in [1.54, 1.807) is 6.20 Å². The first-order valence-corrected chi connectivity index (χ1v) is 9.02.